The molecule has 0 saturated heterocycles. The highest BCUT2D eigenvalue weighted by Gasteiger charge is 2.23. The molecule has 202 valence electrons. The molecule has 0 bridgehead atoms. The van der Waals surface area contributed by atoms with Crippen LogP contribution in [0.3, 0.4) is 0 Å². The first-order valence-corrected chi connectivity index (χ1v) is 15.3. The minimum absolute atomic E-state index is 0.112. The highest BCUT2D eigenvalue weighted by Crippen LogP contribution is 2.39. The van der Waals surface area contributed by atoms with Crippen LogP contribution in [-0.2, 0) is 6.42 Å². The standard InChI is InChI=1S/C34H47FO2/c1-3-5-7-8-9-10-11-13-14-25-16-18-26(19-17-25)28-21-22-29-30-23-20-27(15-12-6-4-2)32(35)33(30)37-34(36)31(29)24-28/h20-26H,3-19H2,1-2H3. The molecule has 37 heavy (non-hydrogen) atoms. The van der Waals surface area contributed by atoms with E-state index in [2.05, 4.69) is 19.9 Å². The lowest BCUT2D eigenvalue weighted by atomic mass is 9.76. The number of halogens is 1. The third kappa shape index (κ3) is 7.24. The first-order chi connectivity index (χ1) is 18.1. The van der Waals surface area contributed by atoms with E-state index in [9.17, 15) is 4.79 Å². The molecule has 2 aromatic carbocycles. The molecule has 0 N–H and O–H groups in total. The van der Waals surface area contributed by atoms with Crippen LogP contribution in [0.2, 0.25) is 0 Å². The number of hydrogen-bond acceptors (Lipinski definition) is 2. The Labute approximate surface area is 223 Å². The third-order valence-electron chi connectivity index (χ3n) is 8.76. The summed E-state index contributed by atoms with van der Waals surface area (Å²) in [6.45, 7) is 4.42. The van der Waals surface area contributed by atoms with Gasteiger partial charge in [0.1, 0.15) is 0 Å². The van der Waals surface area contributed by atoms with E-state index in [4.69, 9.17) is 4.42 Å². The van der Waals surface area contributed by atoms with Gasteiger partial charge in [0.15, 0.2) is 11.4 Å². The van der Waals surface area contributed by atoms with Crippen molar-refractivity contribution < 1.29 is 8.81 Å². The summed E-state index contributed by atoms with van der Waals surface area (Å²) >= 11 is 0. The number of benzene rings is 2. The van der Waals surface area contributed by atoms with Gasteiger partial charge in [-0.25, -0.2) is 9.18 Å². The van der Waals surface area contributed by atoms with Crippen LogP contribution in [0, 0.1) is 11.7 Å². The van der Waals surface area contributed by atoms with Gasteiger partial charge in [-0.3, -0.25) is 0 Å². The summed E-state index contributed by atoms with van der Waals surface area (Å²) in [5, 5.41) is 2.09. The van der Waals surface area contributed by atoms with Gasteiger partial charge in [0.2, 0.25) is 0 Å². The maximum absolute atomic E-state index is 15.2. The Morgan fingerprint density at radius 1 is 0.757 bits per heavy atom. The van der Waals surface area contributed by atoms with Crippen LogP contribution in [0.15, 0.2) is 39.5 Å². The first-order valence-electron chi connectivity index (χ1n) is 15.3. The van der Waals surface area contributed by atoms with Gasteiger partial charge < -0.3 is 4.42 Å². The van der Waals surface area contributed by atoms with Gasteiger partial charge in [-0.2, -0.15) is 0 Å². The Morgan fingerprint density at radius 2 is 1.41 bits per heavy atom. The minimum atomic E-state index is -0.419. The highest BCUT2D eigenvalue weighted by atomic mass is 19.1. The molecule has 1 aromatic heterocycles. The predicted octanol–water partition coefficient (Wildman–Crippen LogP) is 10.6. The predicted molar refractivity (Wildman–Crippen MR) is 155 cm³/mol. The SMILES string of the molecule is CCCCCCCCCCC1CCC(c2ccc3c(c2)c(=O)oc2c(F)c(CCCCC)ccc23)CC1. The van der Waals surface area contributed by atoms with Crippen molar-refractivity contribution in [1.82, 2.24) is 0 Å². The molecule has 4 rings (SSSR count). The highest BCUT2D eigenvalue weighted by molar-refractivity contribution is 6.04. The second-order valence-corrected chi connectivity index (χ2v) is 11.5. The van der Waals surface area contributed by atoms with Crippen molar-refractivity contribution in [2.75, 3.05) is 0 Å². The zero-order chi connectivity index (χ0) is 26.0. The quantitative estimate of drug-likeness (QED) is 0.124. The fraction of sp³-hybridized carbons (Fsp3) is 0.618. The average molecular weight is 507 g/mol. The Kier molecular flexibility index (Phi) is 10.6. The maximum Gasteiger partial charge on any atom is 0.344 e. The number of rotatable bonds is 14. The molecule has 2 nitrogen and oxygen atoms in total. The van der Waals surface area contributed by atoms with Crippen LogP contribution in [0.5, 0.6) is 0 Å². The van der Waals surface area contributed by atoms with Gasteiger partial charge in [-0.15, -0.1) is 0 Å². The second-order valence-electron chi connectivity index (χ2n) is 11.5. The normalized spacial score (nSPS) is 18.1. The van der Waals surface area contributed by atoms with Gasteiger partial charge in [-0.05, 0) is 67.6 Å². The van der Waals surface area contributed by atoms with Crippen molar-refractivity contribution in [3.05, 3.63) is 57.7 Å². The van der Waals surface area contributed by atoms with Crippen molar-refractivity contribution >= 4 is 21.7 Å². The van der Waals surface area contributed by atoms with E-state index in [0.717, 1.165) is 30.6 Å². The van der Waals surface area contributed by atoms with Crippen LogP contribution in [-0.4, -0.2) is 0 Å². The molecule has 1 fully saturated rings. The topological polar surface area (TPSA) is 30.2 Å². The van der Waals surface area contributed by atoms with Crippen LogP contribution in [0.4, 0.5) is 4.39 Å². The molecule has 1 heterocycles. The first kappa shape index (κ1) is 27.9. The Balaban J connectivity index is 1.35. The van der Waals surface area contributed by atoms with E-state index in [1.807, 2.05) is 24.3 Å². The number of aryl methyl sites for hydroxylation is 1. The summed E-state index contributed by atoms with van der Waals surface area (Å²) in [6.07, 6.45) is 21.2. The minimum Gasteiger partial charge on any atom is -0.419 e. The molecule has 1 saturated carbocycles. The van der Waals surface area contributed by atoms with E-state index >= 15 is 4.39 Å². The summed E-state index contributed by atoms with van der Waals surface area (Å²) in [4.78, 5) is 12.9. The third-order valence-corrected chi connectivity index (χ3v) is 8.76. The zero-order valence-corrected chi connectivity index (χ0v) is 23.3. The lowest BCUT2D eigenvalue weighted by Crippen LogP contribution is -2.14. The van der Waals surface area contributed by atoms with E-state index in [-0.39, 0.29) is 11.4 Å². The van der Waals surface area contributed by atoms with Crippen LogP contribution in [0.25, 0.3) is 21.7 Å². The van der Waals surface area contributed by atoms with E-state index in [0.29, 0.717) is 28.7 Å². The number of hydrogen-bond donors (Lipinski definition) is 0. The van der Waals surface area contributed by atoms with Crippen molar-refractivity contribution in [2.45, 2.75) is 129 Å². The lowest BCUT2D eigenvalue weighted by molar-refractivity contribution is 0.302. The fourth-order valence-corrected chi connectivity index (χ4v) is 6.39. The molecule has 3 aromatic rings. The fourth-order valence-electron chi connectivity index (χ4n) is 6.39. The summed E-state index contributed by atoms with van der Waals surface area (Å²) in [5.74, 6) is 0.999. The summed E-state index contributed by atoms with van der Waals surface area (Å²) in [6, 6.07) is 10.0. The number of fused-ring (bicyclic) bond motifs is 3. The van der Waals surface area contributed by atoms with Gasteiger partial charge in [0.05, 0.1) is 5.39 Å². The summed E-state index contributed by atoms with van der Waals surface area (Å²) in [5.41, 5.74) is 1.57. The Morgan fingerprint density at radius 3 is 2.14 bits per heavy atom. The molecule has 1 aliphatic rings. The second kappa shape index (κ2) is 14.1. The Hall–Kier alpha value is -2.16. The molecular weight excluding hydrogens is 459 g/mol. The van der Waals surface area contributed by atoms with E-state index in [1.54, 1.807) is 0 Å². The zero-order valence-electron chi connectivity index (χ0n) is 23.3. The molecule has 0 unspecified atom stereocenters. The molecule has 0 radical (unpaired) electrons. The van der Waals surface area contributed by atoms with Crippen LogP contribution < -0.4 is 5.63 Å². The largest absolute Gasteiger partial charge is 0.419 e. The van der Waals surface area contributed by atoms with Gasteiger partial charge in [0, 0.05) is 10.8 Å². The molecular formula is C34H47FO2. The van der Waals surface area contributed by atoms with E-state index < -0.39 is 5.63 Å². The number of unbranched alkanes of at least 4 members (excludes halogenated alkanes) is 9. The summed E-state index contributed by atoms with van der Waals surface area (Å²) < 4.78 is 20.7. The molecule has 0 atom stereocenters. The Bertz CT molecular complexity index is 1190. The average Bonchev–Trinajstić information content (AvgIpc) is 2.92. The van der Waals surface area contributed by atoms with E-state index in [1.165, 1.54) is 89.0 Å². The maximum atomic E-state index is 15.2. The molecule has 0 spiro atoms. The van der Waals surface area contributed by atoms with Gasteiger partial charge in [0.25, 0.3) is 0 Å². The van der Waals surface area contributed by atoms with Crippen LogP contribution in [0.1, 0.15) is 134 Å². The molecule has 1 aliphatic carbocycles. The smallest absolute Gasteiger partial charge is 0.344 e. The van der Waals surface area contributed by atoms with Crippen molar-refractivity contribution in [3.63, 3.8) is 0 Å². The van der Waals surface area contributed by atoms with Gasteiger partial charge in [-0.1, -0.05) is 109 Å². The van der Waals surface area contributed by atoms with Crippen LogP contribution >= 0.6 is 0 Å². The van der Waals surface area contributed by atoms with Crippen molar-refractivity contribution in [2.24, 2.45) is 5.92 Å². The van der Waals surface area contributed by atoms with Gasteiger partial charge >= 0.3 is 5.63 Å². The molecule has 3 heteroatoms. The van der Waals surface area contributed by atoms with Crippen molar-refractivity contribution in [1.29, 1.82) is 0 Å². The van der Waals surface area contributed by atoms with Crippen molar-refractivity contribution in [3.8, 4) is 0 Å². The molecule has 0 amide bonds. The summed E-state index contributed by atoms with van der Waals surface area (Å²) in [7, 11) is 0. The lowest BCUT2D eigenvalue weighted by Gasteiger charge is -2.29. The molecule has 0 aliphatic heterocycles. The monoisotopic (exact) mass is 506 g/mol.